The number of piperazine rings is 1. The lowest BCUT2D eigenvalue weighted by Gasteiger charge is -2.45. The number of hydrogen-bond donors (Lipinski definition) is 0. The summed E-state index contributed by atoms with van der Waals surface area (Å²) >= 11 is 3.52. The van der Waals surface area contributed by atoms with Gasteiger partial charge in [-0.2, -0.15) is 0 Å². The molecule has 1 aliphatic heterocycles. The van der Waals surface area contributed by atoms with Gasteiger partial charge in [-0.3, -0.25) is 4.90 Å². The molecule has 7 heteroatoms. The average molecular weight is 402 g/mol. The smallest absolute Gasteiger partial charge is 0.180 e. The Bertz CT molecular complexity index is 490. The van der Waals surface area contributed by atoms with Crippen LogP contribution in [0.25, 0.3) is 0 Å². The summed E-state index contributed by atoms with van der Waals surface area (Å²) in [7, 11) is 3.24. The molecule has 0 N–H and O–H groups in total. The van der Waals surface area contributed by atoms with Crippen molar-refractivity contribution in [1.29, 1.82) is 0 Å². The van der Waals surface area contributed by atoms with Gasteiger partial charge >= 0.3 is 0 Å². The van der Waals surface area contributed by atoms with Gasteiger partial charge in [0.05, 0.1) is 13.2 Å². The molecule has 2 rings (SSSR count). The molecule has 1 aliphatic rings. The molecule has 0 amide bonds. The first-order valence-electron chi connectivity index (χ1n) is 8.30. The van der Waals surface area contributed by atoms with E-state index in [-0.39, 0.29) is 6.29 Å². The molecule has 2 heterocycles. The number of ether oxygens (including phenoxy) is 3. The van der Waals surface area contributed by atoms with Crippen LogP contribution in [-0.2, 0) is 14.2 Å². The summed E-state index contributed by atoms with van der Waals surface area (Å²) in [6.07, 6.45) is 1.55. The molecule has 0 unspecified atom stereocenters. The molecule has 0 spiro atoms. The number of halogens is 1. The molecule has 0 aliphatic carbocycles. The van der Waals surface area contributed by atoms with Crippen LogP contribution >= 0.6 is 15.9 Å². The van der Waals surface area contributed by atoms with Crippen molar-refractivity contribution in [3.8, 4) is 0 Å². The van der Waals surface area contributed by atoms with Gasteiger partial charge in [-0.15, -0.1) is 0 Å². The van der Waals surface area contributed by atoms with E-state index in [0.717, 1.165) is 29.9 Å². The van der Waals surface area contributed by atoms with Gasteiger partial charge in [0.15, 0.2) is 6.29 Å². The lowest BCUT2D eigenvalue weighted by Crippen LogP contribution is -2.57. The summed E-state index contributed by atoms with van der Waals surface area (Å²) in [6.45, 7) is 8.48. The molecule has 1 aromatic rings. The maximum Gasteiger partial charge on any atom is 0.180 e. The second-order valence-corrected chi connectivity index (χ2v) is 7.06. The van der Waals surface area contributed by atoms with Crippen molar-refractivity contribution in [2.45, 2.75) is 32.2 Å². The highest BCUT2D eigenvalue weighted by molar-refractivity contribution is 9.10. The fourth-order valence-electron chi connectivity index (χ4n) is 3.13. The quantitative estimate of drug-likeness (QED) is 0.492. The molecule has 6 nitrogen and oxygen atoms in total. The largest absolute Gasteiger partial charge is 0.375 e. The predicted octanol–water partition coefficient (Wildman–Crippen LogP) is 2.38. The number of nitrogens with zero attached hydrogens (tertiary/aromatic N) is 3. The van der Waals surface area contributed by atoms with E-state index in [1.807, 2.05) is 12.3 Å². The van der Waals surface area contributed by atoms with Crippen LogP contribution in [0.15, 0.2) is 22.8 Å². The van der Waals surface area contributed by atoms with Crippen LogP contribution in [0.2, 0.25) is 0 Å². The third-order valence-corrected chi connectivity index (χ3v) is 4.90. The zero-order valence-electron chi connectivity index (χ0n) is 14.9. The van der Waals surface area contributed by atoms with Crippen molar-refractivity contribution in [3.05, 3.63) is 22.8 Å². The summed E-state index contributed by atoms with van der Waals surface area (Å²) in [5.41, 5.74) is 0. The number of rotatable bonds is 8. The van der Waals surface area contributed by atoms with Gasteiger partial charge in [0.1, 0.15) is 5.82 Å². The van der Waals surface area contributed by atoms with Crippen LogP contribution in [-0.4, -0.2) is 75.3 Å². The van der Waals surface area contributed by atoms with Crippen LogP contribution in [0, 0.1) is 0 Å². The number of methoxy groups -OCH3 is 2. The maximum absolute atomic E-state index is 5.68. The Kier molecular flexibility index (Phi) is 7.90. The summed E-state index contributed by atoms with van der Waals surface area (Å²) < 4.78 is 17.0. The van der Waals surface area contributed by atoms with Gasteiger partial charge in [0.2, 0.25) is 0 Å². The summed E-state index contributed by atoms with van der Waals surface area (Å²) in [4.78, 5) is 9.34. The SMILES string of the molecule is COC(COCCN1[C@H](C)CN(c2cc(Br)ccn2)C[C@@H]1C)OC. The average Bonchev–Trinajstić information content (AvgIpc) is 2.56. The number of hydrogen-bond acceptors (Lipinski definition) is 6. The Morgan fingerprint density at radius 1 is 1.25 bits per heavy atom. The zero-order chi connectivity index (χ0) is 17.5. The molecule has 2 atom stereocenters. The van der Waals surface area contributed by atoms with E-state index >= 15 is 0 Å². The first kappa shape index (κ1) is 19.6. The first-order chi connectivity index (χ1) is 11.5. The van der Waals surface area contributed by atoms with Gasteiger partial charge in [0.25, 0.3) is 0 Å². The minimum Gasteiger partial charge on any atom is -0.375 e. The van der Waals surface area contributed by atoms with E-state index in [0.29, 0.717) is 25.3 Å². The van der Waals surface area contributed by atoms with E-state index in [2.05, 4.69) is 50.6 Å². The Labute approximate surface area is 153 Å². The van der Waals surface area contributed by atoms with E-state index < -0.39 is 0 Å². The fraction of sp³-hybridized carbons (Fsp3) is 0.706. The molecular weight excluding hydrogens is 374 g/mol. The van der Waals surface area contributed by atoms with E-state index in [9.17, 15) is 0 Å². The first-order valence-corrected chi connectivity index (χ1v) is 9.10. The highest BCUT2D eigenvalue weighted by Gasteiger charge is 2.29. The monoisotopic (exact) mass is 401 g/mol. The number of pyridine rings is 1. The number of aromatic nitrogens is 1. The molecule has 1 fully saturated rings. The molecule has 0 radical (unpaired) electrons. The Balaban J connectivity index is 1.82. The van der Waals surface area contributed by atoms with Gasteiger partial charge in [-0.1, -0.05) is 15.9 Å². The molecule has 0 saturated carbocycles. The van der Waals surface area contributed by atoms with E-state index in [4.69, 9.17) is 14.2 Å². The Morgan fingerprint density at radius 3 is 2.50 bits per heavy atom. The molecule has 1 saturated heterocycles. The third kappa shape index (κ3) is 5.39. The van der Waals surface area contributed by atoms with E-state index in [1.165, 1.54) is 0 Å². The minimum absolute atomic E-state index is 0.292. The predicted molar refractivity (Wildman–Crippen MR) is 98.4 cm³/mol. The minimum atomic E-state index is -0.292. The van der Waals surface area contributed by atoms with Crippen molar-refractivity contribution in [1.82, 2.24) is 9.88 Å². The van der Waals surface area contributed by atoms with Gasteiger partial charge in [-0.25, -0.2) is 4.98 Å². The maximum atomic E-state index is 5.68. The van der Waals surface area contributed by atoms with Gasteiger partial charge in [-0.05, 0) is 26.0 Å². The van der Waals surface area contributed by atoms with Crippen LogP contribution in [0.5, 0.6) is 0 Å². The molecule has 0 bridgehead atoms. The van der Waals surface area contributed by atoms with Gasteiger partial charge in [0, 0.05) is 56.6 Å². The third-order valence-electron chi connectivity index (χ3n) is 4.41. The molecule has 24 heavy (non-hydrogen) atoms. The lowest BCUT2D eigenvalue weighted by atomic mass is 10.1. The van der Waals surface area contributed by atoms with E-state index in [1.54, 1.807) is 14.2 Å². The van der Waals surface area contributed by atoms with Crippen LogP contribution in [0.4, 0.5) is 5.82 Å². The van der Waals surface area contributed by atoms with Crippen LogP contribution < -0.4 is 4.90 Å². The zero-order valence-corrected chi connectivity index (χ0v) is 16.5. The Morgan fingerprint density at radius 2 is 1.92 bits per heavy atom. The second kappa shape index (κ2) is 9.68. The molecular formula is C17H28BrN3O3. The Hall–Kier alpha value is -0.730. The normalized spacial score (nSPS) is 22.3. The second-order valence-electron chi connectivity index (χ2n) is 6.15. The fourth-order valence-corrected chi connectivity index (χ4v) is 3.46. The van der Waals surface area contributed by atoms with Crippen molar-refractivity contribution < 1.29 is 14.2 Å². The standard InChI is InChI=1S/C17H28BrN3O3/c1-13-10-20(16-9-15(18)5-6-19-16)11-14(2)21(13)7-8-24-12-17(22-3)23-4/h5-6,9,13-14,17H,7-8,10-12H2,1-4H3/t13-,14+. The van der Waals surface area contributed by atoms with Crippen LogP contribution in [0.3, 0.4) is 0 Å². The van der Waals surface area contributed by atoms with Gasteiger partial charge < -0.3 is 19.1 Å². The highest BCUT2D eigenvalue weighted by Crippen LogP contribution is 2.23. The van der Waals surface area contributed by atoms with Crippen molar-refractivity contribution in [2.24, 2.45) is 0 Å². The highest BCUT2D eigenvalue weighted by atomic mass is 79.9. The molecule has 136 valence electrons. The van der Waals surface area contributed by atoms with Crippen LogP contribution in [0.1, 0.15) is 13.8 Å². The summed E-state index contributed by atoms with van der Waals surface area (Å²) in [5.74, 6) is 1.03. The lowest BCUT2D eigenvalue weighted by molar-refractivity contribution is -0.141. The van der Waals surface area contributed by atoms with Crippen molar-refractivity contribution >= 4 is 21.7 Å². The van der Waals surface area contributed by atoms with Crippen molar-refractivity contribution in [2.75, 3.05) is 52.0 Å². The summed E-state index contributed by atoms with van der Waals surface area (Å²) in [6, 6.07) is 4.92. The van der Waals surface area contributed by atoms with Crippen molar-refractivity contribution in [3.63, 3.8) is 0 Å². The molecule has 1 aromatic heterocycles. The topological polar surface area (TPSA) is 47.1 Å². The summed E-state index contributed by atoms with van der Waals surface area (Å²) in [5, 5.41) is 0. The number of anilines is 1. The molecule has 0 aromatic carbocycles.